The maximum absolute atomic E-state index is 3.83. The van der Waals surface area contributed by atoms with E-state index in [2.05, 4.69) is 67.2 Å². The second kappa shape index (κ2) is 8.42. The highest BCUT2D eigenvalue weighted by atomic mass is 14.0. The molecular weight excluding hydrogens is 239 g/mol. The van der Waals surface area contributed by atoms with Gasteiger partial charge in [-0.05, 0) is 19.1 Å². The van der Waals surface area contributed by atoms with Gasteiger partial charge in [0.1, 0.15) is 6.71 Å². The van der Waals surface area contributed by atoms with E-state index in [4.69, 9.17) is 0 Å². The molecule has 20 heavy (non-hydrogen) atoms. The summed E-state index contributed by atoms with van der Waals surface area (Å²) in [7, 11) is 0. The first-order chi connectivity index (χ1) is 9.88. The van der Waals surface area contributed by atoms with Crippen molar-refractivity contribution in [2.24, 2.45) is 0 Å². The fourth-order valence-corrected chi connectivity index (χ4v) is 2.72. The van der Waals surface area contributed by atoms with Crippen LogP contribution in [0.2, 0.25) is 6.32 Å². The minimum atomic E-state index is 0.722. The van der Waals surface area contributed by atoms with E-state index in [0.717, 1.165) is 13.1 Å². The molecule has 1 heteroatoms. The van der Waals surface area contributed by atoms with E-state index in [-0.39, 0.29) is 0 Å². The third-order valence-corrected chi connectivity index (χ3v) is 3.76. The van der Waals surface area contributed by atoms with Gasteiger partial charge in [-0.15, -0.1) is 6.58 Å². The number of rotatable bonds is 8. The minimum absolute atomic E-state index is 0.722. The van der Waals surface area contributed by atoms with Crippen LogP contribution in [0.25, 0.3) is 0 Å². The van der Waals surface area contributed by atoms with Crippen molar-refractivity contribution >= 4 is 6.71 Å². The normalized spacial score (nSPS) is 10.2. The molecule has 0 nitrogen and oxygen atoms in total. The first-order valence-electron chi connectivity index (χ1n) is 7.57. The molecule has 0 saturated carbocycles. The molecule has 0 spiro atoms. The Hall–Kier alpha value is -1.76. The van der Waals surface area contributed by atoms with E-state index in [1.165, 1.54) is 36.5 Å². The molecular formula is C19H23B. The monoisotopic (exact) mass is 262 g/mol. The van der Waals surface area contributed by atoms with Gasteiger partial charge in [0.25, 0.3) is 0 Å². The molecule has 0 saturated heterocycles. The van der Waals surface area contributed by atoms with Gasteiger partial charge in [0.2, 0.25) is 0 Å². The van der Waals surface area contributed by atoms with Crippen molar-refractivity contribution < 1.29 is 0 Å². The zero-order valence-electron chi connectivity index (χ0n) is 12.2. The highest BCUT2D eigenvalue weighted by molar-refractivity contribution is 6.57. The third kappa shape index (κ3) is 5.09. The predicted octanol–water partition coefficient (Wildman–Crippen LogP) is 5.01. The van der Waals surface area contributed by atoms with Crippen LogP contribution in [0, 0.1) is 0 Å². The first-order valence-corrected chi connectivity index (χ1v) is 7.57. The predicted molar refractivity (Wildman–Crippen MR) is 90.3 cm³/mol. The minimum Gasteiger partial charge on any atom is -0.103 e. The Morgan fingerprint density at radius 3 is 1.75 bits per heavy atom. The molecule has 0 bridgehead atoms. The maximum Gasteiger partial charge on any atom is 0.149 e. The smallest absolute Gasteiger partial charge is 0.103 e. The summed E-state index contributed by atoms with van der Waals surface area (Å²) in [6, 6.07) is 21.7. The molecule has 2 rings (SSSR count). The van der Waals surface area contributed by atoms with Crippen molar-refractivity contribution in [1.29, 1.82) is 0 Å². The number of hydrogen-bond donors (Lipinski definition) is 0. The van der Waals surface area contributed by atoms with Crippen LogP contribution in [0.15, 0.2) is 73.3 Å². The molecule has 0 aliphatic rings. The molecule has 2 aromatic carbocycles. The van der Waals surface area contributed by atoms with Crippen molar-refractivity contribution in [3.63, 3.8) is 0 Å². The lowest BCUT2D eigenvalue weighted by Gasteiger charge is -2.13. The SMILES string of the molecule is C=CCCCB(Cc1ccccc1)Cc1ccccc1. The average Bonchev–Trinajstić information content (AvgIpc) is 2.49. The summed E-state index contributed by atoms with van der Waals surface area (Å²) in [4.78, 5) is 0. The largest absolute Gasteiger partial charge is 0.149 e. The molecule has 0 unspecified atom stereocenters. The molecule has 0 fully saturated rings. The maximum atomic E-state index is 3.83. The quantitative estimate of drug-likeness (QED) is 0.356. The standard InChI is InChI=1S/C19H23B/c1-2-3-10-15-20(16-18-11-6-4-7-12-18)17-19-13-8-5-9-14-19/h2,4-9,11-14H,1,3,10,15-17H2. The summed E-state index contributed by atoms with van der Waals surface area (Å²) in [6.07, 6.45) is 8.02. The molecule has 0 N–H and O–H groups in total. The Balaban J connectivity index is 1.98. The number of hydrogen-bond acceptors (Lipinski definition) is 0. The zero-order chi connectivity index (χ0) is 14.0. The lowest BCUT2D eigenvalue weighted by Crippen LogP contribution is -2.20. The summed E-state index contributed by atoms with van der Waals surface area (Å²) in [6.45, 7) is 4.55. The Bertz CT molecular complexity index is 448. The van der Waals surface area contributed by atoms with Crippen LogP contribution in [0.5, 0.6) is 0 Å². The Kier molecular flexibility index (Phi) is 6.17. The molecule has 2 aromatic rings. The Morgan fingerprint density at radius 1 is 0.800 bits per heavy atom. The second-order valence-electron chi connectivity index (χ2n) is 5.47. The summed E-state index contributed by atoms with van der Waals surface area (Å²) >= 11 is 0. The van der Waals surface area contributed by atoms with E-state index in [9.17, 15) is 0 Å². The van der Waals surface area contributed by atoms with Crippen LogP contribution in [-0.4, -0.2) is 6.71 Å². The van der Waals surface area contributed by atoms with Gasteiger partial charge >= 0.3 is 0 Å². The van der Waals surface area contributed by atoms with Gasteiger partial charge in [0.15, 0.2) is 0 Å². The number of allylic oxidation sites excluding steroid dienone is 1. The Morgan fingerprint density at radius 2 is 1.30 bits per heavy atom. The van der Waals surface area contributed by atoms with Gasteiger partial charge in [-0.25, -0.2) is 0 Å². The van der Waals surface area contributed by atoms with Gasteiger partial charge in [-0.2, -0.15) is 0 Å². The van der Waals surface area contributed by atoms with Crippen molar-refractivity contribution in [1.82, 2.24) is 0 Å². The second-order valence-corrected chi connectivity index (χ2v) is 5.47. The first kappa shape index (κ1) is 14.6. The van der Waals surface area contributed by atoms with E-state index in [1.54, 1.807) is 0 Å². The highest BCUT2D eigenvalue weighted by Gasteiger charge is 2.14. The van der Waals surface area contributed by atoms with Crippen LogP contribution >= 0.6 is 0 Å². The van der Waals surface area contributed by atoms with Crippen molar-refractivity contribution in [3.8, 4) is 0 Å². The molecule has 0 radical (unpaired) electrons. The van der Waals surface area contributed by atoms with Crippen LogP contribution in [0.4, 0.5) is 0 Å². The van der Waals surface area contributed by atoms with Crippen LogP contribution in [-0.2, 0) is 12.6 Å². The molecule has 0 heterocycles. The lowest BCUT2D eigenvalue weighted by molar-refractivity contribution is 0.932. The van der Waals surface area contributed by atoms with Gasteiger partial charge < -0.3 is 0 Å². The molecule has 0 aliphatic heterocycles. The third-order valence-electron chi connectivity index (χ3n) is 3.76. The molecule has 0 amide bonds. The van der Waals surface area contributed by atoms with Crippen molar-refractivity contribution in [2.75, 3.05) is 0 Å². The van der Waals surface area contributed by atoms with E-state index in [0.29, 0.717) is 0 Å². The highest BCUT2D eigenvalue weighted by Crippen LogP contribution is 2.14. The number of unbranched alkanes of at least 4 members (excludes halogenated alkanes) is 1. The fourth-order valence-electron chi connectivity index (χ4n) is 2.72. The molecule has 102 valence electrons. The fraction of sp³-hybridized carbons (Fsp3) is 0.263. The average molecular weight is 262 g/mol. The summed E-state index contributed by atoms with van der Waals surface area (Å²) in [5, 5.41) is 0. The van der Waals surface area contributed by atoms with Gasteiger partial charge in [0.05, 0.1) is 0 Å². The van der Waals surface area contributed by atoms with Crippen LogP contribution < -0.4 is 0 Å². The van der Waals surface area contributed by atoms with Crippen LogP contribution in [0.3, 0.4) is 0 Å². The van der Waals surface area contributed by atoms with Gasteiger partial charge in [-0.1, -0.05) is 90.6 Å². The Labute approximate surface area is 123 Å². The molecule has 0 aromatic heterocycles. The summed E-state index contributed by atoms with van der Waals surface area (Å²) in [5.74, 6) is 0. The van der Waals surface area contributed by atoms with Crippen molar-refractivity contribution in [3.05, 3.63) is 84.4 Å². The van der Waals surface area contributed by atoms with E-state index >= 15 is 0 Å². The summed E-state index contributed by atoms with van der Waals surface area (Å²) < 4.78 is 0. The summed E-state index contributed by atoms with van der Waals surface area (Å²) in [5.41, 5.74) is 2.90. The topological polar surface area (TPSA) is 0 Å². The zero-order valence-corrected chi connectivity index (χ0v) is 12.2. The van der Waals surface area contributed by atoms with E-state index < -0.39 is 0 Å². The van der Waals surface area contributed by atoms with Crippen LogP contribution in [0.1, 0.15) is 24.0 Å². The van der Waals surface area contributed by atoms with E-state index in [1.807, 2.05) is 6.08 Å². The molecule has 0 atom stereocenters. The van der Waals surface area contributed by atoms with Gasteiger partial charge in [-0.3, -0.25) is 0 Å². The van der Waals surface area contributed by atoms with Gasteiger partial charge in [0, 0.05) is 0 Å². The number of benzene rings is 2. The molecule has 0 aliphatic carbocycles. The van der Waals surface area contributed by atoms with Crippen molar-refractivity contribution in [2.45, 2.75) is 31.8 Å². The lowest BCUT2D eigenvalue weighted by atomic mass is 9.40.